The summed E-state index contributed by atoms with van der Waals surface area (Å²) in [4.78, 5) is 37.9. The van der Waals surface area contributed by atoms with Crippen LogP contribution in [0.4, 0.5) is 0 Å². The van der Waals surface area contributed by atoms with E-state index in [1.54, 1.807) is 0 Å². The van der Waals surface area contributed by atoms with Gasteiger partial charge in [-0.2, -0.15) is 0 Å². The predicted octanol–water partition coefficient (Wildman–Crippen LogP) is 18.0. The van der Waals surface area contributed by atoms with E-state index in [0.717, 1.165) is 57.8 Å². The van der Waals surface area contributed by atoms with Gasteiger partial charge in [0.15, 0.2) is 6.10 Å². The molecule has 6 heteroatoms. The first kappa shape index (κ1) is 59.4. The Morgan fingerprint density at radius 2 is 0.443 bits per heavy atom. The van der Waals surface area contributed by atoms with Gasteiger partial charge in [0.25, 0.3) is 0 Å². The number of esters is 3. The van der Waals surface area contributed by atoms with E-state index in [9.17, 15) is 14.4 Å². The Kier molecular flexibility index (Phi) is 49.7. The highest BCUT2D eigenvalue weighted by molar-refractivity contribution is 5.71. The summed E-state index contributed by atoms with van der Waals surface area (Å²) >= 11 is 0. The zero-order valence-corrected chi connectivity index (χ0v) is 41.5. The maximum Gasteiger partial charge on any atom is 0.306 e. The first-order valence-electron chi connectivity index (χ1n) is 27.5. The number of carbonyl (C=O) groups excluding carboxylic acids is 3. The zero-order valence-electron chi connectivity index (χ0n) is 41.5. The summed E-state index contributed by atoms with van der Waals surface area (Å²) in [7, 11) is 0. The zero-order chi connectivity index (χ0) is 44.4. The second-order valence-electron chi connectivity index (χ2n) is 18.9. The summed E-state index contributed by atoms with van der Waals surface area (Å²) in [5.41, 5.74) is 0. The lowest BCUT2D eigenvalue weighted by Gasteiger charge is -2.18. The maximum absolute atomic E-state index is 12.8. The molecule has 0 aliphatic heterocycles. The molecule has 0 heterocycles. The van der Waals surface area contributed by atoms with Gasteiger partial charge in [-0.05, 0) is 19.3 Å². The lowest BCUT2D eigenvalue weighted by atomic mass is 10.0. The van der Waals surface area contributed by atoms with Crippen molar-refractivity contribution in [2.75, 3.05) is 13.2 Å². The van der Waals surface area contributed by atoms with Gasteiger partial charge in [-0.25, -0.2) is 0 Å². The van der Waals surface area contributed by atoms with Crippen molar-refractivity contribution in [3.8, 4) is 0 Å². The quantitative estimate of drug-likeness (QED) is 0.0344. The third-order valence-electron chi connectivity index (χ3n) is 12.6. The molecule has 6 nitrogen and oxygen atoms in total. The van der Waals surface area contributed by atoms with E-state index in [2.05, 4.69) is 20.8 Å². The molecule has 0 aromatic heterocycles. The van der Waals surface area contributed by atoms with Crippen LogP contribution >= 0.6 is 0 Å². The van der Waals surface area contributed by atoms with Crippen molar-refractivity contribution in [3.05, 3.63) is 0 Å². The molecule has 0 amide bonds. The van der Waals surface area contributed by atoms with E-state index < -0.39 is 6.10 Å². The summed E-state index contributed by atoms with van der Waals surface area (Å²) in [5, 5.41) is 0. The SMILES string of the molecule is CCCCCCCCCCCCCCCCCCCCC(=O)O[C@H](COC(=O)CCCCCCCCCCC)COC(=O)CCCCCCCCCCCCCCCCCC. The van der Waals surface area contributed by atoms with Crippen molar-refractivity contribution in [2.24, 2.45) is 0 Å². The summed E-state index contributed by atoms with van der Waals surface area (Å²) in [5.74, 6) is -0.840. The van der Waals surface area contributed by atoms with Crippen molar-refractivity contribution in [1.82, 2.24) is 0 Å². The van der Waals surface area contributed by atoms with Gasteiger partial charge >= 0.3 is 17.9 Å². The third-order valence-corrected chi connectivity index (χ3v) is 12.6. The van der Waals surface area contributed by atoms with Gasteiger partial charge in [0.05, 0.1) is 0 Å². The standard InChI is InChI=1S/C55H106O6/c1-4-7-10-13-16-19-21-23-25-27-28-30-32-34-37-40-43-46-49-55(58)61-52(50-59-53(56)47-44-41-38-35-18-15-12-9-6-3)51-60-54(57)48-45-42-39-36-33-31-29-26-24-22-20-17-14-11-8-5-2/h52H,4-51H2,1-3H3/t52-/m1/s1. The van der Waals surface area contributed by atoms with Crippen molar-refractivity contribution in [3.63, 3.8) is 0 Å². The van der Waals surface area contributed by atoms with Crippen molar-refractivity contribution < 1.29 is 28.6 Å². The van der Waals surface area contributed by atoms with Crippen LogP contribution in [0.1, 0.15) is 316 Å². The van der Waals surface area contributed by atoms with Crippen LogP contribution in [0.15, 0.2) is 0 Å². The number of hydrogen-bond acceptors (Lipinski definition) is 6. The van der Waals surface area contributed by atoms with Crippen molar-refractivity contribution in [1.29, 1.82) is 0 Å². The average Bonchev–Trinajstić information content (AvgIpc) is 3.26. The van der Waals surface area contributed by atoms with Crippen LogP contribution in [0.25, 0.3) is 0 Å². The minimum atomic E-state index is -0.759. The number of rotatable bonds is 51. The number of hydrogen-bond donors (Lipinski definition) is 0. The van der Waals surface area contributed by atoms with Crippen LogP contribution in [-0.4, -0.2) is 37.2 Å². The molecule has 0 fully saturated rings. The minimum Gasteiger partial charge on any atom is -0.462 e. The molecule has 0 radical (unpaired) electrons. The van der Waals surface area contributed by atoms with Crippen molar-refractivity contribution >= 4 is 17.9 Å². The first-order chi connectivity index (χ1) is 30.0. The van der Waals surface area contributed by atoms with Crippen LogP contribution in [0, 0.1) is 0 Å². The van der Waals surface area contributed by atoms with Gasteiger partial charge in [0, 0.05) is 19.3 Å². The molecule has 0 saturated heterocycles. The van der Waals surface area contributed by atoms with E-state index in [1.807, 2.05) is 0 Å². The van der Waals surface area contributed by atoms with Gasteiger partial charge in [-0.3, -0.25) is 14.4 Å². The van der Waals surface area contributed by atoms with E-state index >= 15 is 0 Å². The molecule has 0 aliphatic carbocycles. The fourth-order valence-corrected chi connectivity index (χ4v) is 8.45. The smallest absolute Gasteiger partial charge is 0.306 e. The van der Waals surface area contributed by atoms with Crippen LogP contribution in [0.2, 0.25) is 0 Å². The van der Waals surface area contributed by atoms with Crippen LogP contribution < -0.4 is 0 Å². The highest BCUT2D eigenvalue weighted by atomic mass is 16.6. The van der Waals surface area contributed by atoms with Crippen LogP contribution in [-0.2, 0) is 28.6 Å². The monoisotopic (exact) mass is 863 g/mol. The molecule has 0 spiro atoms. The molecule has 0 saturated carbocycles. The molecule has 0 aromatic carbocycles. The third kappa shape index (κ3) is 49.3. The normalized spacial score (nSPS) is 11.9. The summed E-state index contributed by atoms with van der Waals surface area (Å²) in [6.07, 6.45) is 55.2. The van der Waals surface area contributed by atoms with Gasteiger partial charge < -0.3 is 14.2 Å². The lowest BCUT2D eigenvalue weighted by Crippen LogP contribution is -2.30. The number of unbranched alkanes of at least 4 members (excludes halogenated alkanes) is 40. The molecular formula is C55H106O6. The van der Waals surface area contributed by atoms with Gasteiger partial charge in [0.2, 0.25) is 0 Å². The summed E-state index contributed by atoms with van der Waals surface area (Å²) < 4.78 is 16.8. The number of carbonyl (C=O) groups is 3. The molecule has 0 aromatic rings. The molecule has 0 unspecified atom stereocenters. The fourth-order valence-electron chi connectivity index (χ4n) is 8.45. The highest BCUT2D eigenvalue weighted by Gasteiger charge is 2.19. The Hall–Kier alpha value is -1.59. The molecule has 0 aliphatic rings. The molecule has 1 atom stereocenters. The molecule has 0 bridgehead atoms. The van der Waals surface area contributed by atoms with E-state index in [4.69, 9.17) is 14.2 Å². The van der Waals surface area contributed by atoms with Gasteiger partial charge in [-0.15, -0.1) is 0 Å². The maximum atomic E-state index is 12.8. The van der Waals surface area contributed by atoms with Gasteiger partial charge in [-0.1, -0.05) is 278 Å². The van der Waals surface area contributed by atoms with E-state index in [1.165, 1.54) is 218 Å². The molecular weight excluding hydrogens is 757 g/mol. The van der Waals surface area contributed by atoms with Gasteiger partial charge in [0.1, 0.15) is 13.2 Å². The Bertz CT molecular complexity index is 905. The fraction of sp³-hybridized carbons (Fsp3) is 0.945. The Morgan fingerprint density at radius 3 is 0.656 bits per heavy atom. The molecule has 362 valence electrons. The number of ether oxygens (including phenoxy) is 3. The average molecular weight is 863 g/mol. The Balaban J connectivity index is 4.22. The Labute approximate surface area is 380 Å². The largest absolute Gasteiger partial charge is 0.462 e. The Morgan fingerprint density at radius 1 is 0.262 bits per heavy atom. The summed E-state index contributed by atoms with van der Waals surface area (Å²) in [6, 6.07) is 0. The lowest BCUT2D eigenvalue weighted by molar-refractivity contribution is -0.167. The molecule has 61 heavy (non-hydrogen) atoms. The van der Waals surface area contributed by atoms with E-state index in [0.29, 0.717) is 19.3 Å². The molecule has 0 N–H and O–H groups in total. The second-order valence-corrected chi connectivity index (χ2v) is 18.9. The van der Waals surface area contributed by atoms with Crippen molar-refractivity contribution in [2.45, 2.75) is 322 Å². The van der Waals surface area contributed by atoms with Crippen LogP contribution in [0.3, 0.4) is 0 Å². The van der Waals surface area contributed by atoms with Crippen LogP contribution in [0.5, 0.6) is 0 Å². The topological polar surface area (TPSA) is 78.9 Å². The highest BCUT2D eigenvalue weighted by Crippen LogP contribution is 2.17. The first-order valence-corrected chi connectivity index (χ1v) is 27.5. The molecule has 0 rings (SSSR count). The second kappa shape index (κ2) is 51.0. The summed E-state index contributed by atoms with van der Waals surface area (Å²) in [6.45, 7) is 6.68. The minimum absolute atomic E-state index is 0.0616. The predicted molar refractivity (Wildman–Crippen MR) is 261 cm³/mol. The van der Waals surface area contributed by atoms with E-state index in [-0.39, 0.29) is 31.1 Å².